The van der Waals surface area contributed by atoms with Gasteiger partial charge >= 0.3 is 0 Å². The van der Waals surface area contributed by atoms with Crippen molar-refractivity contribution in [1.82, 2.24) is 15.0 Å². The number of anilines is 2. The van der Waals surface area contributed by atoms with Crippen LogP contribution in [0.1, 0.15) is 11.1 Å². The van der Waals surface area contributed by atoms with E-state index >= 15 is 0 Å². The molecule has 0 spiro atoms. The number of ether oxygens (including phenoxy) is 1. The number of nitrogens with zero attached hydrogens (tertiary/aromatic N) is 4. The lowest BCUT2D eigenvalue weighted by Crippen LogP contribution is -2.54. The average Bonchev–Trinajstić information content (AvgIpc) is 3.19. The molecular weight excluding hydrogens is 410 g/mol. The summed E-state index contributed by atoms with van der Waals surface area (Å²) in [7, 11) is 0. The highest BCUT2D eigenvalue weighted by Gasteiger charge is 2.36. The Morgan fingerprint density at radius 2 is 1.90 bits per heavy atom. The summed E-state index contributed by atoms with van der Waals surface area (Å²) in [5, 5.41) is 1.72. The number of aromatic nitrogens is 3. The Morgan fingerprint density at radius 3 is 2.74 bits per heavy atom. The van der Waals surface area contributed by atoms with Gasteiger partial charge in [-0.15, -0.1) is 0 Å². The van der Waals surface area contributed by atoms with Gasteiger partial charge in [-0.3, -0.25) is 4.98 Å². The van der Waals surface area contributed by atoms with Crippen molar-refractivity contribution in [2.24, 2.45) is 5.73 Å². The Bertz CT molecular complexity index is 1320. The Labute approximate surface area is 184 Å². The van der Waals surface area contributed by atoms with Crippen LogP contribution in [0.3, 0.4) is 0 Å². The maximum atomic E-state index is 6.42. The Hall–Kier alpha value is -3.06. The molecule has 2 N–H and O–H groups in total. The van der Waals surface area contributed by atoms with E-state index in [1.54, 1.807) is 6.33 Å². The minimum Gasteiger partial charge on any atom is -0.377 e. The number of pyridine rings is 1. The first-order chi connectivity index (χ1) is 15.1. The van der Waals surface area contributed by atoms with Crippen LogP contribution in [-0.2, 0) is 16.7 Å². The van der Waals surface area contributed by atoms with Crippen molar-refractivity contribution in [3.63, 3.8) is 0 Å². The Balaban J connectivity index is 1.46. The first-order valence-electron chi connectivity index (χ1n) is 10.2. The molecule has 0 amide bonds. The van der Waals surface area contributed by atoms with Crippen LogP contribution in [-0.4, -0.2) is 34.7 Å². The van der Waals surface area contributed by atoms with Crippen LogP contribution in [0.15, 0.2) is 61.2 Å². The number of nitrogens with two attached hydrogens (primary N) is 1. The third-order valence-corrected chi connectivity index (χ3v) is 6.41. The first-order valence-corrected chi connectivity index (χ1v) is 10.6. The van der Waals surface area contributed by atoms with Gasteiger partial charge in [0.05, 0.1) is 24.3 Å². The van der Waals surface area contributed by atoms with Crippen molar-refractivity contribution in [3.05, 3.63) is 77.3 Å². The predicted molar refractivity (Wildman–Crippen MR) is 122 cm³/mol. The summed E-state index contributed by atoms with van der Waals surface area (Å²) in [5.74, 6) is 0.889. The zero-order valence-corrected chi connectivity index (χ0v) is 17.5. The summed E-state index contributed by atoms with van der Waals surface area (Å²) in [6.07, 6.45) is 6.27. The van der Waals surface area contributed by atoms with E-state index in [-0.39, 0.29) is 0 Å². The molecule has 0 radical (unpaired) electrons. The maximum absolute atomic E-state index is 6.42. The zero-order valence-electron chi connectivity index (χ0n) is 16.8. The molecular formula is C24H20ClN5O. The molecule has 4 aromatic rings. The molecule has 6 rings (SSSR count). The minimum absolute atomic E-state index is 0.452. The summed E-state index contributed by atoms with van der Waals surface area (Å²) >= 11 is 6.28. The van der Waals surface area contributed by atoms with Crippen LogP contribution in [0.2, 0.25) is 5.02 Å². The van der Waals surface area contributed by atoms with Gasteiger partial charge in [0.2, 0.25) is 0 Å². The molecule has 1 saturated heterocycles. The van der Waals surface area contributed by atoms with E-state index in [1.807, 2.05) is 30.6 Å². The minimum atomic E-state index is -0.452. The van der Waals surface area contributed by atoms with Crippen LogP contribution < -0.4 is 10.6 Å². The molecule has 2 aromatic heterocycles. The number of hydrogen-bond donors (Lipinski definition) is 1. The normalized spacial score (nSPS) is 16.9. The molecule has 4 heterocycles. The summed E-state index contributed by atoms with van der Waals surface area (Å²) in [6, 6.07) is 14.4. The first kappa shape index (κ1) is 18.7. The molecule has 6 nitrogen and oxygen atoms in total. The van der Waals surface area contributed by atoms with E-state index in [2.05, 4.69) is 44.1 Å². The lowest BCUT2D eigenvalue weighted by atomic mass is 9.89. The fraction of sp³-hybridized carbons (Fsp3) is 0.208. The quantitative estimate of drug-likeness (QED) is 0.525. The number of halogens is 1. The standard InChI is InChI=1S/C24H20ClN5O/c25-19-3-1-15-5-6-30(22(15)9-19)23-20-8-16(2-4-21(20)28-14-29-23)17-7-18(11-27-10-17)24(26)12-31-13-24/h1-4,7-11,14H,5-6,12-13,26H2. The van der Waals surface area contributed by atoms with Crippen molar-refractivity contribution in [3.8, 4) is 11.1 Å². The van der Waals surface area contributed by atoms with Gasteiger partial charge in [-0.2, -0.15) is 0 Å². The zero-order chi connectivity index (χ0) is 21.0. The van der Waals surface area contributed by atoms with Crippen molar-refractivity contribution in [2.75, 3.05) is 24.7 Å². The van der Waals surface area contributed by atoms with Crippen molar-refractivity contribution in [1.29, 1.82) is 0 Å². The summed E-state index contributed by atoms with van der Waals surface area (Å²) in [4.78, 5) is 15.8. The highest BCUT2D eigenvalue weighted by molar-refractivity contribution is 6.31. The molecule has 0 unspecified atom stereocenters. The second-order valence-corrected chi connectivity index (χ2v) is 8.65. The molecule has 2 aromatic carbocycles. The van der Waals surface area contributed by atoms with Crippen LogP contribution in [0, 0.1) is 0 Å². The second kappa shape index (κ2) is 6.99. The van der Waals surface area contributed by atoms with Gasteiger partial charge < -0.3 is 15.4 Å². The SMILES string of the molecule is NC1(c2cncc(-c3ccc4ncnc(N5CCc6ccc(Cl)cc65)c4c3)c2)COC1. The van der Waals surface area contributed by atoms with E-state index < -0.39 is 5.54 Å². The monoisotopic (exact) mass is 429 g/mol. The van der Waals surface area contributed by atoms with Crippen LogP contribution >= 0.6 is 11.6 Å². The fourth-order valence-corrected chi connectivity index (χ4v) is 4.54. The van der Waals surface area contributed by atoms with Crippen LogP contribution in [0.25, 0.3) is 22.0 Å². The lowest BCUT2D eigenvalue weighted by Gasteiger charge is -2.38. The molecule has 7 heteroatoms. The molecule has 0 saturated carbocycles. The summed E-state index contributed by atoms with van der Waals surface area (Å²) in [5.41, 5.74) is 12.3. The molecule has 2 aliphatic rings. The predicted octanol–water partition coefficient (Wildman–Crippen LogP) is 4.22. The Morgan fingerprint density at radius 1 is 1.00 bits per heavy atom. The van der Waals surface area contributed by atoms with E-state index in [4.69, 9.17) is 22.1 Å². The molecule has 1 fully saturated rings. The summed E-state index contributed by atoms with van der Waals surface area (Å²) in [6.45, 7) is 1.90. The third-order valence-electron chi connectivity index (χ3n) is 6.18. The van der Waals surface area contributed by atoms with Crippen LogP contribution in [0.5, 0.6) is 0 Å². The molecule has 0 aliphatic carbocycles. The van der Waals surface area contributed by atoms with Gasteiger partial charge in [-0.1, -0.05) is 23.7 Å². The van der Waals surface area contributed by atoms with Gasteiger partial charge in [0.15, 0.2) is 0 Å². The third kappa shape index (κ3) is 3.07. The topological polar surface area (TPSA) is 77.2 Å². The molecule has 154 valence electrons. The molecule has 0 atom stereocenters. The van der Waals surface area contributed by atoms with Gasteiger partial charge in [0.25, 0.3) is 0 Å². The van der Waals surface area contributed by atoms with Crippen molar-refractivity contribution >= 4 is 34.0 Å². The summed E-state index contributed by atoms with van der Waals surface area (Å²) < 4.78 is 5.32. The smallest absolute Gasteiger partial charge is 0.144 e. The van der Waals surface area contributed by atoms with Gasteiger partial charge in [0, 0.05) is 40.6 Å². The van der Waals surface area contributed by atoms with Crippen LogP contribution in [0.4, 0.5) is 11.5 Å². The Kier molecular flexibility index (Phi) is 4.21. The lowest BCUT2D eigenvalue weighted by molar-refractivity contribution is -0.0570. The maximum Gasteiger partial charge on any atom is 0.144 e. The van der Waals surface area contributed by atoms with Crippen molar-refractivity contribution < 1.29 is 4.74 Å². The highest BCUT2D eigenvalue weighted by atomic mass is 35.5. The number of fused-ring (bicyclic) bond motifs is 2. The largest absolute Gasteiger partial charge is 0.377 e. The van der Waals surface area contributed by atoms with E-state index in [0.29, 0.717) is 13.2 Å². The molecule has 2 aliphatic heterocycles. The fourth-order valence-electron chi connectivity index (χ4n) is 4.37. The van der Waals surface area contributed by atoms with E-state index in [9.17, 15) is 0 Å². The van der Waals surface area contributed by atoms with Gasteiger partial charge in [0.1, 0.15) is 12.1 Å². The molecule has 31 heavy (non-hydrogen) atoms. The van der Waals surface area contributed by atoms with E-state index in [0.717, 1.165) is 57.1 Å². The van der Waals surface area contributed by atoms with Crippen molar-refractivity contribution in [2.45, 2.75) is 12.0 Å². The van der Waals surface area contributed by atoms with E-state index in [1.165, 1.54) is 5.56 Å². The molecule has 0 bridgehead atoms. The highest BCUT2D eigenvalue weighted by Crippen LogP contribution is 2.39. The van der Waals surface area contributed by atoms with Gasteiger partial charge in [-0.05, 0) is 53.4 Å². The second-order valence-electron chi connectivity index (χ2n) is 8.22. The number of rotatable bonds is 3. The number of benzene rings is 2. The average molecular weight is 430 g/mol. The number of hydrogen-bond acceptors (Lipinski definition) is 6. The van der Waals surface area contributed by atoms with Gasteiger partial charge in [-0.25, -0.2) is 9.97 Å².